The molecule has 0 saturated heterocycles. The van der Waals surface area contributed by atoms with E-state index in [0.29, 0.717) is 11.7 Å². The maximum atomic E-state index is 5.70. The van der Waals surface area contributed by atoms with E-state index in [1.54, 1.807) is 13.3 Å². The number of aromatic nitrogens is 2. The molecule has 0 fully saturated rings. The van der Waals surface area contributed by atoms with Crippen molar-refractivity contribution in [1.82, 2.24) is 9.97 Å². The molecule has 4 heteroatoms. The lowest BCUT2D eigenvalue weighted by Crippen LogP contribution is -1.94. The molecule has 0 radical (unpaired) electrons. The number of nitrogens with zero attached hydrogens (tertiary/aromatic N) is 2. The Hall–Kier alpha value is -1.61. The second-order valence-electron chi connectivity index (χ2n) is 3.19. The zero-order valence-corrected chi connectivity index (χ0v) is 9.61. The molecule has 0 saturated carbocycles. The van der Waals surface area contributed by atoms with Gasteiger partial charge in [-0.3, -0.25) is 0 Å². The number of methoxy groups -OCH3 is 1. The highest BCUT2D eigenvalue weighted by atomic mass is 35.5. The minimum absolute atomic E-state index is 0.309. The summed E-state index contributed by atoms with van der Waals surface area (Å²) < 4.78 is 5.28. The Kier molecular flexibility index (Phi) is 3.37. The summed E-state index contributed by atoms with van der Waals surface area (Å²) in [7, 11) is 1.64. The summed E-state index contributed by atoms with van der Waals surface area (Å²) in [6.07, 6.45) is 1.70. The van der Waals surface area contributed by atoms with Gasteiger partial charge in [0.2, 0.25) is 0 Å². The van der Waals surface area contributed by atoms with Crippen LogP contribution >= 0.6 is 11.6 Å². The second-order valence-corrected chi connectivity index (χ2v) is 3.46. The third-order valence-electron chi connectivity index (χ3n) is 2.21. The molecule has 0 spiro atoms. The molecule has 0 aliphatic rings. The van der Waals surface area contributed by atoms with Gasteiger partial charge in [-0.25, -0.2) is 9.97 Å². The van der Waals surface area contributed by atoms with Crippen molar-refractivity contribution in [3.63, 3.8) is 0 Å². The number of halogens is 1. The zero-order valence-electron chi connectivity index (χ0n) is 8.85. The Bertz CT molecular complexity index is 488. The van der Waals surface area contributed by atoms with Gasteiger partial charge >= 0.3 is 0 Å². The van der Waals surface area contributed by atoms with E-state index < -0.39 is 0 Å². The van der Waals surface area contributed by atoms with E-state index in [1.165, 1.54) is 0 Å². The molecule has 16 heavy (non-hydrogen) atoms. The number of alkyl halides is 1. The summed E-state index contributed by atoms with van der Waals surface area (Å²) in [6.45, 7) is 0. The Morgan fingerprint density at radius 3 is 2.81 bits per heavy atom. The van der Waals surface area contributed by atoms with Gasteiger partial charge < -0.3 is 4.74 Å². The molecule has 0 bridgehead atoms. The number of hydrogen-bond acceptors (Lipinski definition) is 3. The minimum Gasteiger partial charge on any atom is -0.496 e. The average Bonchev–Trinajstić information content (AvgIpc) is 2.38. The molecule has 0 aliphatic carbocycles. The van der Waals surface area contributed by atoms with Crippen LogP contribution in [0.4, 0.5) is 0 Å². The van der Waals surface area contributed by atoms with E-state index >= 15 is 0 Å². The van der Waals surface area contributed by atoms with Crippen molar-refractivity contribution in [3.8, 4) is 17.0 Å². The van der Waals surface area contributed by atoms with Gasteiger partial charge in [0.05, 0.1) is 18.7 Å². The first kappa shape index (κ1) is 10.9. The van der Waals surface area contributed by atoms with E-state index in [4.69, 9.17) is 16.3 Å². The topological polar surface area (TPSA) is 35.0 Å². The van der Waals surface area contributed by atoms with Crippen LogP contribution in [0.3, 0.4) is 0 Å². The molecule has 0 unspecified atom stereocenters. The van der Waals surface area contributed by atoms with Crippen molar-refractivity contribution in [3.05, 3.63) is 42.4 Å². The van der Waals surface area contributed by atoms with Gasteiger partial charge in [0.15, 0.2) is 0 Å². The van der Waals surface area contributed by atoms with E-state index in [1.807, 2.05) is 30.3 Å². The van der Waals surface area contributed by atoms with Crippen LogP contribution in [-0.2, 0) is 5.88 Å². The standard InChI is InChI=1S/C12H11ClN2O/c1-16-11-5-3-2-4-9(11)10-6-7-14-12(8-13)15-10/h2-7H,8H2,1H3. The number of rotatable bonds is 3. The van der Waals surface area contributed by atoms with E-state index in [-0.39, 0.29) is 0 Å². The molecule has 1 heterocycles. The Morgan fingerprint density at radius 1 is 1.25 bits per heavy atom. The number of ether oxygens (including phenoxy) is 1. The van der Waals surface area contributed by atoms with Crippen LogP contribution < -0.4 is 4.74 Å². The Balaban J connectivity index is 2.49. The lowest BCUT2D eigenvalue weighted by Gasteiger charge is -2.07. The molecular formula is C12H11ClN2O. The van der Waals surface area contributed by atoms with E-state index in [0.717, 1.165) is 17.0 Å². The normalized spacial score (nSPS) is 10.1. The molecular weight excluding hydrogens is 224 g/mol. The van der Waals surface area contributed by atoms with Crippen LogP contribution in [0.25, 0.3) is 11.3 Å². The Morgan fingerprint density at radius 2 is 2.06 bits per heavy atom. The molecule has 1 aromatic carbocycles. The molecule has 0 amide bonds. The van der Waals surface area contributed by atoms with Gasteiger partial charge in [0.25, 0.3) is 0 Å². The zero-order chi connectivity index (χ0) is 11.4. The fourth-order valence-corrected chi connectivity index (χ4v) is 1.60. The van der Waals surface area contributed by atoms with Crippen molar-refractivity contribution < 1.29 is 4.74 Å². The summed E-state index contributed by atoms with van der Waals surface area (Å²) in [5.74, 6) is 1.72. The lowest BCUT2D eigenvalue weighted by molar-refractivity contribution is 0.416. The third kappa shape index (κ3) is 2.14. The number of benzene rings is 1. The van der Waals surface area contributed by atoms with Crippen molar-refractivity contribution in [1.29, 1.82) is 0 Å². The predicted molar refractivity (Wildman–Crippen MR) is 63.6 cm³/mol. The molecule has 82 valence electrons. The number of hydrogen-bond donors (Lipinski definition) is 0. The lowest BCUT2D eigenvalue weighted by atomic mass is 10.1. The minimum atomic E-state index is 0.309. The first-order valence-electron chi connectivity index (χ1n) is 4.86. The SMILES string of the molecule is COc1ccccc1-c1ccnc(CCl)n1. The average molecular weight is 235 g/mol. The molecule has 2 aromatic rings. The van der Waals surface area contributed by atoms with Gasteiger partial charge in [-0.05, 0) is 18.2 Å². The largest absolute Gasteiger partial charge is 0.496 e. The van der Waals surface area contributed by atoms with Crippen molar-refractivity contribution in [2.45, 2.75) is 5.88 Å². The summed E-state index contributed by atoms with van der Waals surface area (Å²) in [4.78, 5) is 8.40. The second kappa shape index (κ2) is 4.94. The van der Waals surface area contributed by atoms with Crippen molar-refractivity contribution in [2.24, 2.45) is 0 Å². The van der Waals surface area contributed by atoms with Crippen LogP contribution in [0.5, 0.6) is 5.75 Å². The molecule has 0 atom stereocenters. The van der Waals surface area contributed by atoms with Gasteiger partial charge in [-0.1, -0.05) is 12.1 Å². The highest BCUT2D eigenvalue weighted by molar-refractivity contribution is 6.16. The Labute approximate surface area is 99.1 Å². The van der Waals surface area contributed by atoms with Crippen LogP contribution in [0.15, 0.2) is 36.5 Å². The highest BCUT2D eigenvalue weighted by Gasteiger charge is 2.06. The molecule has 0 aliphatic heterocycles. The summed E-state index contributed by atoms with van der Waals surface area (Å²) >= 11 is 5.70. The van der Waals surface area contributed by atoms with Crippen LogP contribution in [0.1, 0.15) is 5.82 Å². The third-order valence-corrected chi connectivity index (χ3v) is 2.45. The van der Waals surface area contributed by atoms with Gasteiger partial charge in [0, 0.05) is 11.8 Å². The molecule has 1 aromatic heterocycles. The first-order chi connectivity index (χ1) is 7.85. The fraction of sp³-hybridized carbons (Fsp3) is 0.167. The first-order valence-corrected chi connectivity index (χ1v) is 5.40. The van der Waals surface area contributed by atoms with E-state index in [2.05, 4.69) is 9.97 Å². The maximum Gasteiger partial charge on any atom is 0.143 e. The molecule has 3 nitrogen and oxygen atoms in total. The number of para-hydroxylation sites is 1. The van der Waals surface area contributed by atoms with Gasteiger partial charge in [-0.15, -0.1) is 11.6 Å². The van der Waals surface area contributed by atoms with Crippen LogP contribution in [0, 0.1) is 0 Å². The van der Waals surface area contributed by atoms with Crippen LogP contribution in [0.2, 0.25) is 0 Å². The van der Waals surface area contributed by atoms with E-state index in [9.17, 15) is 0 Å². The van der Waals surface area contributed by atoms with Gasteiger partial charge in [0.1, 0.15) is 11.6 Å². The fourth-order valence-electron chi connectivity index (χ4n) is 1.47. The van der Waals surface area contributed by atoms with Crippen LogP contribution in [-0.4, -0.2) is 17.1 Å². The monoisotopic (exact) mass is 234 g/mol. The summed E-state index contributed by atoms with van der Waals surface area (Å²) in [5.41, 5.74) is 1.77. The highest BCUT2D eigenvalue weighted by Crippen LogP contribution is 2.27. The molecule has 0 N–H and O–H groups in total. The molecule has 2 rings (SSSR count). The summed E-state index contributed by atoms with van der Waals surface area (Å²) in [6, 6.07) is 9.57. The van der Waals surface area contributed by atoms with Crippen molar-refractivity contribution in [2.75, 3.05) is 7.11 Å². The predicted octanol–water partition coefficient (Wildman–Crippen LogP) is 2.89. The quantitative estimate of drug-likeness (QED) is 0.766. The maximum absolute atomic E-state index is 5.70. The summed E-state index contributed by atoms with van der Waals surface area (Å²) in [5, 5.41) is 0. The smallest absolute Gasteiger partial charge is 0.143 e. The van der Waals surface area contributed by atoms with Crippen molar-refractivity contribution >= 4 is 11.6 Å². The van der Waals surface area contributed by atoms with Gasteiger partial charge in [-0.2, -0.15) is 0 Å².